The van der Waals surface area contributed by atoms with Crippen LogP contribution >= 0.6 is 0 Å². The van der Waals surface area contributed by atoms with Crippen molar-refractivity contribution in [3.8, 4) is 0 Å². The molecular formula is C24H24O4. The number of esters is 1. The summed E-state index contributed by atoms with van der Waals surface area (Å²) < 4.78 is 11.4. The third-order valence-electron chi connectivity index (χ3n) is 5.30. The zero-order chi connectivity index (χ0) is 19.8. The molecule has 0 saturated heterocycles. The fraction of sp³-hybridized carbons (Fsp3) is 0.333. The van der Waals surface area contributed by atoms with Gasteiger partial charge in [-0.25, -0.2) is 4.79 Å². The highest BCUT2D eigenvalue weighted by molar-refractivity contribution is 5.94. The Labute approximate surface area is 164 Å². The summed E-state index contributed by atoms with van der Waals surface area (Å²) in [5.41, 5.74) is 2.85. The molecule has 0 aliphatic heterocycles. The predicted octanol–water partition coefficient (Wildman–Crippen LogP) is 5.19. The summed E-state index contributed by atoms with van der Waals surface area (Å²) in [6, 6.07) is 15.3. The van der Waals surface area contributed by atoms with E-state index in [-0.39, 0.29) is 17.5 Å². The molecule has 1 saturated carbocycles. The Morgan fingerprint density at radius 1 is 1.14 bits per heavy atom. The van der Waals surface area contributed by atoms with E-state index in [1.807, 2.05) is 25.1 Å². The largest absolute Gasteiger partial charge is 0.460 e. The lowest BCUT2D eigenvalue weighted by Crippen LogP contribution is -2.14. The number of rotatable bonds is 5. The smallest absolute Gasteiger partial charge is 0.338 e. The molecule has 1 heterocycles. The Bertz CT molecular complexity index is 1080. The Balaban J connectivity index is 1.74. The first-order valence-corrected chi connectivity index (χ1v) is 9.85. The zero-order valence-electron chi connectivity index (χ0n) is 16.4. The molecule has 144 valence electrons. The number of hydrogen-bond donors (Lipinski definition) is 0. The second kappa shape index (κ2) is 7.27. The summed E-state index contributed by atoms with van der Waals surface area (Å²) >= 11 is 0. The van der Waals surface area contributed by atoms with E-state index in [0.717, 1.165) is 12.2 Å². The van der Waals surface area contributed by atoms with E-state index < -0.39 is 5.97 Å². The van der Waals surface area contributed by atoms with Crippen molar-refractivity contribution in [1.82, 2.24) is 0 Å². The molecule has 1 aliphatic carbocycles. The minimum atomic E-state index is -0.426. The molecule has 2 atom stereocenters. The standard InChI is InChI=1S/C24H24O4/c1-4-17-22(25)20-12-16(24(26)27-14(2)3)10-11-21(20)28-23(17)19-13-18(19)15-8-6-5-7-9-15/h5-12,14,18-19H,4,13H2,1-3H3. The van der Waals surface area contributed by atoms with Gasteiger partial charge in [0.15, 0.2) is 5.43 Å². The number of hydrogen-bond acceptors (Lipinski definition) is 4. The van der Waals surface area contributed by atoms with E-state index in [1.54, 1.807) is 32.0 Å². The maximum absolute atomic E-state index is 13.1. The van der Waals surface area contributed by atoms with Crippen LogP contribution < -0.4 is 5.43 Å². The van der Waals surface area contributed by atoms with Crippen molar-refractivity contribution >= 4 is 16.9 Å². The van der Waals surface area contributed by atoms with Gasteiger partial charge in [-0.05, 0) is 56.4 Å². The van der Waals surface area contributed by atoms with E-state index in [9.17, 15) is 9.59 Å². The highest BCUT2D eigenvalue weighted by Crippen LogP contribution is 2.55. The zero-order valence-corrected chi connectivity index (χ0v) is 16.4. The summed E-state index contributed by atoms with van der Waals surface area (Å²) in [7, 11) is 0. The molecule has 0 radical (unpaired) electrons. The van der Waals surface area contributed by atoms with Crippen LogP contribution in [0.4, 0.5) is 0 Å². The third-order valence-corrected chi connectivity index (χ3v) is 5.30. The summed E-state index contributed by atoms with van der Waals surface area (Å²) in [4.78, 5) is 25.3. The minimum Gasteiger partial charge on any atom is -0.460 e. The quantitative estimate of drug-likeness (QED) is 0.575. The first-order chi connectivity index (χ1) is 13.5. The molecule has 0 bridgehead atoms. The lowest BCUT2D eigenvalue weighted by atomic mass is 10.0. The molecule has 1 aliphatic rings. The van der Waals surface area contributed by atoms with E-state index in [1.165, 1.54) is 5.56 Å². The molecule has 2 unspecified atom stereocenters. The number of fused-ring (bicyclic) bond motifs is 1. The fourth-order valence-corrected chi connectivity index (χ4v) is 3.85. The highest BCUT2D eigenvalue weighted by Gasteiger charge is 2.43. The SMILES string of the molecule is CCc1c(C2CC2c2ccccc2)oc2ccc(C(=O)OC(C)C)cc2c1=O. The van der Waals surface area contributed by atoms with Gasteiger partial charge in [0.05, 0.1) is 17.1 Å². The van der Waals surface area contributed by atoms with E-state index >= 15 is 0 Å². The lowest BCUT2D eigenvalue weighted by molar-refractivity contribution is 0.0378. The van der Waals surface area contributed by atoms with Gasteiger partial charge in [-0.15, -0.1) is 0 Å². The molecule has 28 heavy (non-hydrogen) atoms. The van der Waals surface area contributed by atoms with Crippen LogP contribution in [0.5, 0.6) is 0 Å². The average molecular weight is 376 g/mol. The number of carbonyl (C=O) groups is 1. The Morgan fingerprint density at radius 2 is 1.89 bits per heavy atom. The molecular weight excluding hydrogens is 352 g/mol. The molecule has 3 aromatic rings. The molecule has 1 fully saturated rings. The fourth-order valence-electron chi connectivity index (χ4n) is 3.85. The Kier molecular flexibility index (Phi) is 4.80. The number of carbonyl (C=O) groups excluding carboxylic acids is 1. The van der Waals surface area contributed by atoms with Crippen LogP contribution in [-0.2, 0) is 11.2 Å². The third kappa shape index (κ3) is 3.35. The average Bonchev–Trinajstić information content (AvgIpc) is 3.48. The second-order valence-electron chi connectivity index (χ2n) is 7.65. The van der Waals surface area contributed by atoms with Gasteiger partial charge in [0.1, 0.15) is 11.3 Å². The van der Waals surface area contributed by atoms with Crippen LogP contribution in [0, 0.1) is 0 Å². The highest BCUT2D eigenvalue weighted by atomic mass is 16.5. The van der Waals surface area contributed by atoms with Crippen molar-refractivity contribution in [2.75, 3.05) is 0 Å². The van der Waals surface area contributed by atoms with Gasteiger partial charge in [0.2, 0.25) is 0 Å². The van der Waals surface area contributed by atoms with Crippen LogP contribution in [0.25, 0.3) is 11.0 Å². The first kappa shape index (κ1) is 18.5. The van der Waals surface area contributed by atoms with Crippen LogP contribution in [0.3, 0.4) is 0 Å². The van der Waals surface area contributed by atoms with Gasteiger partial charge in [0.25, 0.3) is 0 Å². The van der Waals surface area contributed by atoms with Crippen LogP contribution in [-0.4, -0.2) is 12.1 Å². The summed E-state index contributed by atoms with van der Waals surface area (Å²) in [6.45, 7) is 5.57. The first-order valence-electron chi connectivity index (χ1n) is 9.85. The maximum Gasteiger partial charge on any atom is 0.338 e. The van der Waals surface area contributed by atoms with Gasteiger partial charge < -0.3 is 9.15 Å². The normalized spacial score (nSPS) is 18.4. The van der Waals surface area contributed by atoms with E-state index in [0.29, 0.717) is 34.4 Å². The Hall–Kier alpha value is -2.88. The van der Waals surface area contributed by atoms with Crippen molar-refractivity contribution in [2.24, 2.45) is 0 Å². The van der Waals surface area contributed by atoms with Crippen molar-refractivity contribution < 1.29 is 13.9 Å². The molecule has 2 aromatic carbocycles. The molecule has 4 rings (SSSR count). The van der Waals surface area contributed by atoms with Crippen molar-refractivity contribution in [3.63, 3.8) is 0 Å². The predicted molar refractivity (Wildman–Crippen MR) is 109 cm³/mol. The van der Waals surface area contributed by atoms with Crippen LogP contribution in [0.2, 0.25) is 0 Å². The van der Waals surface area contributed by atoms with Crippen LogP contribution in [0.15, 0.2) is 57.7 Å². The van der Waals surface area contributed by atoms with Crippen molar-refractivity contribution in [1.29, 1.82) is 0 Å². The second-order valence-corrected chi connectivity index (χ2v) is 7.65. The van der Waals surface area contributed by atoms with E-state index in [4.69, 9.17) is 9.15 Å². The maximum atomic E-state index is 13.1. The van der Waals surface area contributed by atoms with Gasteiger partial charge in [-0.3, -0.25) is 4.79 Å². The summed E-state index contributed by atoms with van der Waals surface area (Å²) in [5, 5.41) is 0.440. The summed E-state index contributed by atoms with van der Waals surface area (Å²) in [5.74, 6) is 1.00. The topological polar surface area (TPSA) is 56.5 Å². The van der Waals surface area contributed by atoms with Gasteiger partial charge in [-0.2, -0.15) is 0 Å². The van der Waals surface area contributed by atoms with Crippen molar-refractivity contribution in [3.05, 3.63) is 81.2 Å². The van der Waals surface area contributed by atoms with E-state index in [2.05, 4.69) is 12.1 Å². The number of benzene rings is 2. The molecule has 0 spiro atoms. The van der Waals surface area contributed by atoms with Gasteiger partial charge in [-0.1, -0.05) is 37.3 Å². The summed E-state index contributed by atoms with van der Waals surface area (Å²) in [6.07, 6.45) is 1.38. The van der Waals surface area contributed by atoms with Crippen LogP contribution in [0.1, 0.15) is 66.3 Å². The number of ether oxygens (including phenoxy) is 1. The molecule has 0 N–H and O–H groups in total. The molecule has 1 aromatic heterocycles. The molecule has 4 heteroatoms. The van der Waals surface area contributed by atoms with Gasteiger partial charge >= 0.3 is 5.97 Å². The molecule has 4 nitrogen and oxygen atoms in total. The minimum absolute atomic E-state index is 0.0448. The molecule has 0 amide bonds. The monoisotopic (exact) mass is 376 g/mol. The van der Waals surface area contributed by atoms with Crippen molar-refractivity contribution in [2.45, 2.75) is 51.6 Å². The van der Waals surface area contributed by atoms with Gasteiger partial charge in [0, 0.05) is 11.5 Å². The Morgan fingerprint density at radius 3 is 2.57 bits per heavy atom. The lowest BCUT2D eigenvalue weighted by Gasteiger charge is -2.11.